The Bertz CT molecular complexity index is 247. The molecule has 0 aromatic rings. The van der Waals surface area contributed by atoms with Crippen LogP contribution < -0.4 is 5.32 Å². The first-order valence-electron chi connectivity index (χ1n) is 6.17. The van der Waals surface area contributed by atoms with E-state index in [-0.39, 0.29) is 23.0 Å². The van der Waals surface area contributed by atoms with Crippen molar-refractivity contribution in [3.05, 3.63) is 0 Å². The van der Waals surface area contributed by atoms with E-state index in [1.807, 2.05) is 27.8 Å². The molecule has 0 aromatic heterocycles. The normalized spacial score (nSPS) is 31.2. The first kappa shape index (κ1) is 13.5. The predicted molar refractivity (Wildman–Crippen MR) is 65.3 cm³/mol. The summed E-state index contributed by atoms with van der Waals surface area (Å²) in [7, 11) is 1.99. The van der Waals surface area contributed by atoms with Gasteiger partial charge in [0.2, 0.25) is 0 Å². The van der Waals surface area contributed by atoms with Crippen LogP contribution in [0.1, 0.15) is 53.4 Å². The number of hydrogen-bond donors (Lipinski definition) is 1. The van der Waals surface area contributed by atoms with Gasteiger partial charge in [0, 0.05) is 5.54 Å². The average molecular weight is 227 g/mol. The highest BCUT2D eigenvalue weighted by atomic mass is 16.6. The summed E-state index contributed by atoms with van der Waals surface area (Å²) in [5, 5.41) is 3.34. The fourth-order valence-corrected chi connectivity index (χ4v) is 2.13. The maximum Gasteiger partial charge on any atom is 0.309 e. The Labute approximate surface area is 98.9 Å². The lowest BCUT2D eigenvalue weighted by Crippen LogP contribution is -2.44. The summed E-state index contributed by atoms with van der Waals surface area (Å²) in [4.78, 5) is 11.9. The first-order valence-corrected chi connectivity index (χ1v) is 6.17. The van der Waals surface area contributed by atoms with Gasteiger partial charge in [-0.3, -0.25) is 4.79 Å². The molecule has 1 rings (SSSR count). The molecule has 0 spiro atoms. The van der Waals surface area contributed by atoms with Crippen LogP contribution in [0, 0.1) is 5.92 Å². The molecule has 1 fully saturated rings. The fraction of sp³-hybridized carbons (Fsp3) is 0.923. The second kappa shape index (κ2) is 4.74. The van der Waals surface area contributed by atoms with E-state index in [4.69, 9.17) is 4.74 Å². The van der Waals surface area contributed by atoms with Gasteiger partial charge in [0.05, 0.1) is 5.92 Å². The van der Waals surface area contributed by atoms with Crippen LogP contribution in [0.3, 0.4) is 0 Å². The number of nitrogens with one attached hydrogen (secondary N) is 1. The van der Waals surface area contributed by atoms with Crippen LogP contribution in [0.25, 0.3) is 0 Å². The molecule has 1 saturated carbocycles. The van der Waals surface area contributed by atoms with Gasteiger partial charge in [-0.15, -0.1) is 0 Å². The lowest BCUT2D eigenvalue weighted by atomic mass is 9.78. The maximum absolute atomic E-state index is 11.9. The second-order valence-electron chi connectivity index (χ2n) is 6.12. The Morgan fingerprint density at radius 1 is 1.31 bits per heavy atom. The quantitative estimate of drug-likeness (QED) is 0.737. The molecule has 0 atom stereocenters. The van der Waals surface area contributed by atoms with E-state index in [1.54, 1.807) is 0 Å². The summed E-state index contributed by atoms with van der Waals surface area (Å²) in [6.45, 7) is 7.99. The SMILES string of the molecule is CNC1(C)CCC(C(=O)OC(C)(C)C)CC1. The summed E-state index contributed by atoms with van der Waals surface area (Å²) in [6, 6.07) is 0. The van der Waals surface area contributed by atoms with Gasteiger partial charge in [-0.05, 0) is 60.4 Å². The Morgan fingerprint density at radius 2 is 1.81 bits per heavy atom. The third kappa shape index (κ3) is 3.78. The van der Waals surface area contributed by atoms with Crippen molar-refractivity contribution in [2.24, 2.45) is 5.92 Å². The van der Waals surface area contributed by atoms with E-state index in [0.29, 0.717) is 0 Å². The van der Waals surface area contributed by atoms with Gasteiger partial charge >= 0.3 is 5.97 Å². The minimum Gasteiger partial charge on any atom is -0.460 e. The van der Waals surface area contributed by atoms with E-state index < -0.39 is 0 Å². The van der Waals surface area contributed by atoms with E-state index in [2.05, 4.69) is 12.2 Å². The summed E-state index contributed by atoms with van der Waals surface area (Å²) >= 11 is 0. The minimum absolute atomic E-state index is 0.0225. The summed E-state index contributed by atoms with van der Waals surface area (Å²) < 4.78 is 5.42. The van der Waals surface area contributed by atoms with E-state index in [0.717, 1.165) is 25.7 Å². The van der Waals surface area contributed by atoms with Gasteiger partial charge in [-0.2, -0.15) is 0 Å². The van der Waals surface area contributed by atoms with Gasteiger partial charge in [-0.25, -0.2) is 0 Å². The number of carbonyl (C=O) groups excluding carboxylic acids is 1. The molecule has 1 aliphatic rings. The van der Waals surface area contributed by atoms with Gasteiger partial charge in [0.15, 0.2) is 0 Å². The van der Waals surface area contributed by atoms with Crippen LogP contribution in [0.5, 0.6) is 0 Å². The molecule has 0 amide bonds. The second-order valence-corrected chi connectivity index (χ2v) is 6.12. The van der Waals surface area contributed by atoms with Crippen molar-refractivity contribution >= 4 is 5.97 Å². The molecule has 94 valence electrons. The molecular weight excluding hydrogens is 202 g/mol. The number of ether oxygens (including phenoxy) is 1. The van der Waals surface area contributed by atoms with E-state index in [1.165, 1.54) is 0 Å². The zero-order valence-electron chi connectivity index (χ0n) is 11.2. The zero-order valence-corrected chi connectivity index (χ0v) is 11.2. The predicted octanol–water partition coefficient (Wildman–Crippen LogP) is 2.50. The fourth-order valence-electron chi connectivity index (χ4n) is 2.13. The molecular formula is C13H25NO2. The van der Waals surface area contributed by atoms with Crippen LogP contribution in [0.2, 0.25) is 0 Å². The molecule has 1 N–H and O–H groups in total. The molecule has 1 aliphatic carbocycles. The highest BCUT2D eigenvalue weighted by Crippen LogP contribution is 2.32. The van der Waals surface area contributed by atoms with Crippen molar-refractivity contribution in [3.8, 4) is 0 Å². The Hall–Kier alpha value is -0.570. The van der Waals surface area contributed by atoms with Crippen LogP contribution in [0.4, 0.5) is 0 Å². The van der Waals surface area contributed by atoms with Gasteiger partial charge in [0.25, 0.3) is 0 Å². The third-order valence-corrected chi connectivity index (χ3v) is 3.43. The first-order chi connectivity index (χ1) is 7.26. The van der Waals surface area contributed by atoms with Crippen LogP contribution in [-0.2, 0) is 9.53 Å². The van der Waals surface area contributed by atoms with Crippen molar-refractivity contribution in [1.82, 2.24) is 5.32 Å². The number of esters is 1. The van der Waals surface area contributed by atoms with Crippen molar-refractivity contribution in [2.75, 3.05) is 7.05 Å². The highest BCUT2D eigenvalue weighted by Gasteiger charge is 2.34. The summed E-state index contributed by atoms with van der Waals surface area (Å²) in [5.41, 5.74) is -0.153. The molecule has 0 heterocycles. The van der Waals surface area contributed by atoms with Crippen molar-refractivity contribution in [3.63, 3.8) is 0 Å². The molecule has 0 aromatic carbocycles. The largest absolute Gasteiger partial charge is 0.460 e. The lowest BCUT2D eigenvalue weighted by molar-refractivity contribution is -0.161. The molecule has 3 heteroatoms. The third-order valence-electron chi connectivity index (χ3n) is 3.43. The molecule has 16 heavy (non-hydrogen) atoms. The van der Waals surface area contributed by atoms with E-state index in [9.17, 15) is 4.79 Å². The van der Waals surface area contributed by atoms with Crippen molar-refractivity contribution in [2.45, 2.75) is 64.5 Å². The molecule has 0 unspecified atom stereocenters. The summed E-state index contributed by atoms with van der Waals surface area (Å²) in [6.07, 6.45) is 3.97. The van der Waals surface area contributed by atoms with E-state index >= 15 is 0 Å². The summed E-state index contributed by atoms with van der Waals surface area (Å²) in [5.74, 6) is 0.0753. The number of rotatable bonds is 2. The standard InChI is InChI=1S/C13H25NO2/c1-12(2,3)16-11(15)10-6-8-13(4,14-5)9-7-10/h10,14H,6-9H2,1-5H3. The van der Waals surface area contributed by atoms with Crippen molar-refractivity contribution in [1.29, 1.82) is 0 Å². The van der Waals surface area contributed by atoms with Gasteiger partial charge in [-0.1, -0.05) is 0 Å². The van der Waals surface area contributed by atoms with Crippen LogP contribution in [0.15, 0.2) is 0 Å². The topological polar surface area (TPSA) is 38.3 Å². The lowest BCUT2D eigenvalue weighted by Gasteiger charge is -2.37. The minimum atomic E-state index is -0.360. The molecule has 0 aliphatic heterocycles. The number of carbonyl (C=O) groups is 1. The Balaban J connectivity index is 2.45. The van der Waals surface area contributed by atoms with Gasteiger partial charge in [0.1, 0.15) is 5.60 Å². The molecule has 0 radical (unpaired) electrons. The molecule has 0 saturated heterocycles. The van der Waals surface area contributed by atoms with Gasteiger partial charge < -0.3 is 10.1 Å². The Morgan fingerprint density at radius 3 is 2.19 bits per heavy atom. The molecule has 0 bridgehead atoms. The average Bonchev–Trinajstić information content (AvgIpc) is 2.16. The smallest absolute Gasteiger partial charge is 0.309 e. The monoisotopic (exact) mass is 227 g/mol. The van der Waals surface area contributed by atoms with Crippen molar-refractivity contribution < 1.29 is 9.53 Å². The van der Waals surface area contributed by atoms with Crippen LogP contribution >= 0.6 is 0 Å². The molecule has 3 nitrogen and oxygen atoms in total. The highest BCUT2D eigenvalue weighted by molar-refractivity contribution is 5.73. The zero-order chi connectivity index (χ0) is 12.4. The number of hydrogen-bond acceptors (Lipinski definition) is 3. The maximum atomic E-state index is 11.9. The Kier molecular flexibility index (Phi) is 4.00. The van der Waals surface area contributed by atoms with Crippen LogP contribution in [-0.4, -0.2) is 24.2 Å².